The normalized spacial score (nSPS) is 13.8. The summed E-state index contributed by atoms with van der Waals surface area (Å²) in [5.41, 5.74) is 1.60. The number of esters is 1. The van der Waals surface area contributed by atoms with Crippen molar-refractivity contribution in [3.05, 3.63) is 95.2 Å². The number of allylic oxidation sites excluding steroid dienone is 1. The molecule has 0 amide bonds. The molecule has 1 heterocycles. The summed E-state index contributed by atoms with van der Waals surface area (Å²) in [7, 11) is 1.49. The van der Waals surface area contributed by atoms with Gasteiger partial charge in [-0.1, -0.05) is 42.5 Å². The minimum absolute atomic E-state index is 0.207. The molecule has 0 bridgehead atoms. The molecule has 0 radical (unpaired) electrons. The van der Waals surface area contributed by atoms with Crippen molar-refractivity contribution >= 4 is 17.8 Å². The van der Waals surface area contributed by atoms with Crippen LogP contribution in [-0.4, -0.2) is 18.9 Å². The number of benzene rings is 3. The Bertz CT molecular complexity index is 1080. The van der Waals surface area contributed by atoms with Gasteiger partial charge in [0, 0.05) is 6.07 Å². The van der Waals surface area contributed by atoms with Gasteiger partial charge in [0.1, 0.15) is 22.8 Å². The SMILES string of the molecule is COc1ccccc1C(=O)Oc1ccc2c(c1)OC(=Cc1ccccc1)C2=O. The summed E-state index contributed by atoms with van der Waals surface area (Å²) in [6.45, 7) is 0. The van der Waals surface area contributed by atoms with Gasteiger partial charge in [-0.25, -0.2) is 4.79 Å². The Hall–Kier alpha value is -3.86. The standard InChI is InChI=1S/C23H16O5/c1-26-19-10-6-5-9-18(19)23(25)27-16-11-12-17-20(14-16)28-21(22(17)24)13-15-7-3-2-4-8-15/h2-14H,1H3. The highest BCUT2D eigenvalue weighted by Crippen LogP contribution is 2.35. The van der Waals surface area contributed by atoms with Gasteiger partial charge in [0.2, 0.25) is 5.78 Å². The van der Waals surface area contributed by atoms with Gasteiger partial charge in [0.15, 0.2) is 5.76 Å². The van der Waals surface area contributed by atoms with Crippen molar-refractivity contribution in [1.82, 2.24) is 0 Å². The maximum Gasteiger partial charge on any atom is 0.347 e. The van der Waals surface area contributed by atoms with Crippen LogP contribution in [0.15, 0.2) is 78.6 Å². The fraction of sp³-hybridized carbons (Fsp3) is 0.0435. The second-order valence-electron chi connectivity index (χ2n) is 6.10. The monoisotopic (exact) mass is 372 g/mol. The van der Waals surface area contributed by atoms with Gasteiger partial charge < -0.3 is 14.2 Å². The Morgan fingerprint density at radius 2 is 1.71 bits per heavy atom. The molecule has 5 nitrogen and oxygen atoms in total. The molecule has 1 aliphatic rings. The second kappa shape index (κ2) is 7.40. The molecule has 0 aromatic heterocycles. The van der Waals surface area contributed by atoms with Gasteiger partial charge >= 0.3 is 5.97 Å². The lowest BCUT2D eigenvalue weighted by molar-refractivity contribution is 0.0731. The van der Waals surface area contributed by atoms with Gasteiger partial charge in [0.25, 0.3) is 0 Å². The molecule has 0 N–H and O–H groups in total. The topological polar surface area (TPSA) is 61.8 Å². The zero-order valence-electron chi connectivity index (χ0n) is 15.0. The zero-order chi connectivity index (χ0) is 19.5. The predicted octanol–water partition coefficient (Wildman–Crippen LogP) is 4.53. The van der Waals surface area contributed by atoms with Gasteiger partial charge in [-0.3, -0.25) is 4.79 Å². The third-order valence-corrected chi connectivity index (χ3v) is 4.28. The van der Waals surface area contributed by atoms with E-state index in [1.807, 2.05) is 30.3 Å². The number of hydrogen-bond donors (Lipinski definition) is 0. The summed E-state index contributed by atoms with van der Waals surface area (Å²) in [6.07, 6.45) is 1.68. The number of rotatable bonds is 4. The fourth-order valence-electron chi connectivity index (χ4n) is 2.91. The summed E-state index contributed by atoms with van der Waals surface area (Å²) in [6, 6.07) is 20.9. The van der Waals surface area contributed by atoms with Crippen molar-refractivity contribution in [3.8, 4) is 17.2 Å². The summed E-state index contributed by atoms with van der Waals surface area (Å²) in [5, 5.41) is 0. The molecule has 0 fully saturated rings. The van der Waals surface area contributed by atoms with Crippen molar-refractivity contribution in [3.63, 3.8) is 0 Å². The first-order chi connectivity index (χ1) is 13.7. The third kappa shape index (κ3) is 3.38. The van der Waals surface area contributed by atoms with Crippen molar-refractivity contribution in [2.45, 2.75) is 0 Å². The van der Waals surface area contributed by atoms with E-state index in [0.29, 0.717) is 22.6 Å². The van der Waals surface area contributed by atoms with E-state index in [0.717, 1.165) is 5.56 Å². The van der Waals surface area contributed by atoms with Crippen molar-refractivity contribution in [1.29, 1.82) is 0 Å². The van der Waals surface area contributed by atoms with E-state index in [9.17, 15) is 9.59 Å². The maximum absolute atomic E-state index is 12.5. The van der Waals surface area contributed by atoms with Crippen LogP contribution in [0.3, 0.4) is 0 Å². The lowest BCUT2D eigenvalue weighted by Gasteiger charge is -2.08. The van der Waals surface area contributed by atoms with E-state index in [4.69, 9.17) is 14.2 Å². The van der Waals surface area contributed by atoms with Crippen LogP contribution in [0.1, 0.15) is 26.3 Å². The van der Waals surface area contributed by atoms with Crippen LogP contribution in [0.25, 0.3) is 6.08 Å². The molecule has 0 atom stereocenters. The molecular formula is C23H16O5. The molecule has 4 rings (SSSR count). The first-order valence-corrected chi connectivity index (χ1v) is 8.64. The minimum atomic E-state index is -0.554. The molecular weight excluding hydrogens is 356 g/mol. The predicted molar refractivity (Wildman–Crippen MR) is 104 cm³/mol. The average molecular weight is 372 g/mol. The van der Waals surface area contributed by atoms with Gasteiger partial charge in [0.05, 0.1) is 12.7 Å². The molecule has 138 valence electrons. The Morgan fingerprint density at radius 3 is 2.50 bits per heavy atom. The van der Waals surface area contributed by atoms with Crippen molar-refractivity contribution in [2.24, 2.45) is 0 Å². The molecule has 28 heavy (non-hydrogen) atoms. The summed E-state index contributed by atoms with van der Waals surface area (Å²) in [4.78, 5) is 25.0. The van der Waals surface area contributed by atoms with Crippen LogP contribution in [0.4, 0.5) is 0 Å². The van der Waals surface area contributed by atoms with E-state index < -0.39 is 5.97 Å². The number of carbonyl (C=O) groups is 2. The number of carbonyl (C=O) groups excluding carboxylic acids is 2. The van der Waals surface area contributed by atoms with E-state index in [-0.39, 0.29) is 17.3 Å². The smallest absolute Gasteiger partial charge is 0.347 e. The van der Waals surface area contributed by atoms with E-state index in [1.165, 1.54) is 13.2 Å². The molecule has 5 heteroatoms. The van der Waals surface area contributed by atoms with Crippen molar-refractivity contribution < 1.29 is 23.8 Å². The third-order valence-electron chi connectivity index (χ3n) is 4.28. The van der Waals surface area contributed by atoms with Crippen molar-refractivity contribution in [2.75, 3.05) is 7.11 Å². The van der Waals surface area contributed by atoms with E-state index >= 15 is 0 Å². The van der Waals surface area contributed by atoms with Crippen LogP contribution in [-0.2, 0) is 0 Å². The first kappa shape index (κ1) is 17.5. The van der Waals surface area contributed by atoms with E-state index in [2.05, 4.69) is 0 Å². The number of ether oxygens (including phenoxy) is 3. The molecule has 0 aliphatic carbocycles. The van der Waals surface area contributed by atoms with Crippen LogP contribution in [0.2, 0.25) is 0 Å². The summed E-state index contributed by atoms with van der Waals surface area (Å²) < 4.78 is 16.3. The molecule has 1 aliphatic heterocycles. The van der Waals surface area contributed by atoms with Gasteiger partial charge in [-0.15, -0.1) is 0 Å². The van der Waals surface area contributed by atoms with Crippen LogP contribution in [0.5, 0.6) is 17.2 Å². The Morgan fingerprint density at radius 1 is 0.964 bits per heavy atom. The van der Waals surface area contributed by atoms with E-state index in [1.54, 1.807) is 42.5 Å². The zero-order valence-corrected chi connectivity index (χ0v) is 15.0. The molecule has 0 spiro atoms. The number of para-hydroxylation sites is 1. The molecule has 0 saturated heterocycles. The number of ketones is 1. The maximum atomic E-state index is 12.5. The fourth-order valence-corrected chi connectivity index (χ4v) is 2.91. The lowest BCUT2D eigenvalue weighted by Crippen LogP contribution is -2.10. The molecule has 0 saturated carbocycles. The summed E-state index contributed by atoms with van der Waals surface area (Å²) >= 11 is 0. The molecule has 0 unspecified atom stereocenters. The van der Waals surface area contributed by atoms with Crippen LogP contribution in [0, 0.1) is 0 Å². The Kier molecular flexibility index (Phi) is 4.64. The minimum Gasteiger partial charge on any atom is -0.496 e. The second-order valence-corrected chi connectivity index (χ2v) is 6.10. The number of fused-ring (bicyclic) bond motifs is 1. The molecule has 3 aromatic carbocycles. The van der Waals surface area contributed by atoms with Gasteiger partial charge in [-0.05, 0) is 35.9 Å². The Labute approximate surface area is 161 Å². The number of hydrogen-bond acceptors (Lipinski definition) is 5. The highest BCUT2D eigenvalue weighted by Gasteiger charge is 2.28. The quantitative estimate of drug-likeness (QED) is 0.382. The van der Waals surface area contributed by atoms with Crippen LogP contribution >= 0.6 is 0 Å². The highest BCUT2D eigenvalue weighted by molar-refractivity contribution is 6.14. The van der Waals surface area contributed by atoms with Gasteiger partial charge in [-0.2, -0.15) is 0 Å². The largest absolute Gasteiger partial charge is 0.496 e. The summed E-state index contributed by atoms with van der Waals surface area (Å²) in [5.74, 6) is 0.534. The highest BCUT2D eigenvalue weighted by atomic mass is 16.5. The van der Waals surface area contributed by atoms with Crippen LogP contribution < -0.4 is 14.2 Å². The first-order valence-electron chi connectivity index (χ1n) is 8.64. The molecule has 3 aromatic rings. The Balaban J connectivity index is 1.57. The number of methoxy groups -OCH3 is 1. The average Bonchev–Trinajstić information content (AvgIpc) is 3.03. The lowest BCUT2D eigenvalue weighted by atomic mass is 10.1. The number of Topliss-reactive ketones (excluding diaryl/α,β-unsaturated/α-hetero) is 1.